The number of halogens is 2. The normalized spacial score (nSPS) is 15.0. The Balaban J connectivity index is 1.31. The molecule has 0 spiro atoms. The second-order valence-electron chi connectivity index (χ2n) is 8.85. The number of hydrogen-bond donors (Lipinski definition) is 2. The van der Waals surface area contributed by atoms with Crippen molar-refractivity contribution in [3.05, 3.63) is 68.7 Å². The SMILES string of the molecule is CN(Cc1ccccc1)C(=O)NCCNC(=O)c1c(Cl)cc2c(c1Cl)CCN(CC1CC1)C2=O. The first kappa shape index (κ1) is 24.4. The molecule has 1 aliphatic heterocycles. The lowest BCUT2D eigenvalue weighted by Crippen LogP contribution is -2.41. The molecule has 0 radical (unpaired) electrons. The molecule has 0 saturated heterocycles. The van der Waals surface area contributed by atoms with E-state index in [2.05, 4.69) is 10.6 Å². The summed E-state index contributed by atoms with van der Waals surface area (Å²) in [7, 11) is 1.71. The number of rotatable bonds is 8. The molecule has 0 unspecified atom stereocenters. The molecule has 1 fully saturated rings. The molecule has 7 nitrogen and oxygen atoms in total. The summed E-state index contributed by atoms with van der Waals surface area (Å²) in [6.45, 7) is 2.30. The highest BCUT2D eigenvalue weighted by Crippen LogP contribution is 2.36. The topological polar surface area (TPSA) is 81.8 Å². The molecule has 2 aliphatic rings. The Morgan fingerprint density at radius 3 is 2.53 bits per heavy atom. The monoisotopic (exact) mass is 502 g/mol. The molecule has 1 aliphatic carbocycles. The molecule has 1 heterocycles. The first-order valence-electron chi connectivity index (χ1n) is 11.5. The van der Waals surface area contributed by atoms with E-state index in [9.17, 15) is 14.4 Å². The number of carbonyl (C=O) groups is 3. The van der Waals surface area contributed by atoms with Crippen LogP contribution in [0, 0.1) is 5.92 Å². The molecule has 4 amide bonds. The van der Waals surface area contributed by atoms with Crippen LogP contribution < -0.4 is 10.6 Å². The van der Waals surface area contributed by atoms with Gasteiger partial charge in [-0.2, -0.15) is 0 Å². The Bertz CT molecular complexity index is 1090. The van der Waals surface area contributed by atoms with Gasteiger partial charge in [0.2, 0.25) is 0 Å². The van der Waals surface area contributed by atoms with E-state index in [0.29, 0.717) is 36.6 Å². The predicted molar refractivity (Wildman–Crippen MR) is 132 cm³/mol. The van der Waals surface area contributed by atoms with Crippen LogP contribution in [0.2, 0.25) is 10.0 Å². The maximum absolute atomic E-state index is 12.9. The molecule has 0 aromatic heterocycles. The number of urea groups is 1. The van der Waals surface area contributed by atoms with Crippen LogP contribution in [0.1, 0.15) is 44.7 Å². The minimum Gasteiger partial charge on any atom is -0.350 e. The van der Waals surface area contributed by atoms with Crippen LogP contribution in [0.3, 0.4) is 0 Å². The summed E-state index contributed by atoms with van der Waals surface area (Å²) in [5.74, 6) is 0.0869. The first-order valence-corrected chi connectivity index (χ1v) is 12.2. The Morgan fingerprint density at radius 1 is 1.12 bits per heavy atom. The number of amides is 4. The van der Waals surface area contributed by atoms with Gasteiger partial charge in [-0.15, -0.1) is 0 Å². The van der Waals surface area contributed by atoms with Crippen molar-refractivity contribution in [2.45, 2.75) is 25.8 Å². The molecular formula is C25H28Cl2N4O3. The zero-order valence-corrected chi connectivity index (χ0v) is 20.6. The van der Waals surface area contributed by atoms with Gasteiger partial charge in [-0.1, -0.05) is 53.5 Å². The van der Waals surface area contributed by atoms with E-state index >= 15 is 0 Å². The highest BCUT2D eigenvalue weighted by molar-refractivity contribution is 6.40. The summed E-state index contributed by atoms with van der Waals surface area (Å²) < 4.78 is 0. The smallest absolute Gasteiger partial charge is 0.317 e. The highest BCUT2D eigenvalue weighted by atomic mass is 35.5. The number of hydrogen-bond acceptors (Lipinski definition) is 3. The van der Waals surface area contributed by atoms with Crippen molar-refractivity contribution >= 4 is 41.0 Å². The lowest BCUT2D eigenvalue weighted by molar-refractivity contribution is 0.0731. The van der Waals surface area contributed by atoms with Gasteiger partial charge < -0.3 is 20.4 Å². The molecular weight excluding hydrogens is 475 g/mol. The molecule has 2 N–H and O–H groups in total. The van der Waals surface area contributed by atoms with Crippen molar-refractivity contribution in [2.75, 3.05) is 33.2 Å². The quantitative estimate of drug-likeness (QED) is 0.535. The predicted octanol–water partition coefficient (Wildman–Crippen LogP) is 3.97. The van der Waals surface area contributed by atoms with Gasteiger partial charge in [0, 0.05) is 45.3 Å². The first-order chi connectivity index (χ1) is 16.3. The third-order valence-corrected chi connectivity index (χ3v) is 6.88. The average molecular weight is 503 g/mol. The fourth-order valence-corrected chi connectivity index (χ4v) is 4.83. The van der Waals surface area contributed by atoms with Gasteiger partial charge in [0.15, 0.2) is 0 Å². The van der Waals surface area contributed by atoms with Crippen LogP contribution in [0.15, 0.2) is 36.4 Å². The third kappa shape index (κ3) is 5.65. The Morgan fingerprint density at radius 2 is 1.82 bits per heavy atom. The van der Waals surface area contributed by atoms with Crippen molar-refractivity contribution in [1.82, 2.24) is 20.4 Å². The zero-order chi connectivity index (χ0) is 24.2. The minimum absolute atomic E-state index is 0.0776. The highest BCUT2D eigenvalue weighted by Gasteiger charge is 2.33. The van der Waals surface area contributed by atoms with E-state index in [-0.39, 0.29) is 40.6 Å². The second kappa shape index (κ2) is 10.7. The number of fused-ring (bicyclic) bond motifs is 1. The summed E-state index contributed by atoms with van der Waals surface area (Å²) in [6, 6.07) is 11.0. The molecule has 1 saturated carbocycles. The maximum atomic E-state index is 12.9. The summed E-state index contributed by atoms with van der Waals surface area (Å²) >= 11 is 12.9. The largest absolute Gasteiger partial charge is 0.350 e. The van der Waals surface area contributed by atoms with Crippen LogP contribution in [-0.4, -0.2) is 60.9 Å². The van der Waals surface area contributed by atoms with Crippen LogP contribution in [0.4, 0.5) is 4.79 Å². The zero-order valence-electron chi connectivity index (χ0n) is 19.1. The summed E-state index contributed by atoms with van der Waals surface area (Å²) in [5, 5.41) is 5.90. The minimum atomic E-state index is -0.433. The van der Waals surface area contributed by atoms with Gasteiger partial charge in [-0.05, 0) is 42.4 Å². The van der Waals surface area contributed by atoms with E-state index < -0.39 is 5.91 Å². The standard InChI is InChI=1S/C25H28Cl2N4O3/c1-30(14-16-5-3-2-4-6-16)25(34)29-11-10-28-23(32)21-20(26)13-19-18(22(21)27)9-12-31(24(19)33)15-17-7-8-17/h2-6,13,17H,7-12,14-15H2,1H3,(H,28,32)(H,29,34). The molecule has 2 aromatic rings. The second-order valence-corrected chi connectivity index (χ2v) is 9.63. The summed E-state index contributed by atoms with van der Waals surface area (Å²) in [4.78, 5) is 41.4. The van der Waals surface area contributed by atoms with Crippen LogP contribution in [0.25, 0.3) is 0 Å². The lowest BCUT2D eigenvalue weighted by atomic mass is 9.95. The molecule has 34 heavy (non-hydrogen) atoms. The molecule has 180 valence electrons. The Kier molecular flexibility index (Phi) is 7.63. The Hall–Kier alpha value is -2.77. The molecule has 9 heteroatoms. The van der Waals surface area contributed by atoms with E-state index in [1.54, 1.807) is 18.0 Å². The van der Waals surface area contributed by atoms with Crippen molar-refractivity contribution in [3.8, 4) is 0 Å². The van der Waals surface area contributed by atoms with Crippen molar-refractivity contribution in [1.29, 1.82) is 0 Å². The van der Waals surface area contributed by atoms with Crippen molar-refractivity contribution < 1.29 is 14.4 Å². The van der Waals surface area contributed by atoms with Crippen LogP contribution >= 0.6 is 23.2 Å². The van der Waals surface area contributed by atoms with Gasteiger partial charge in [0.05, 0.1) is 15.6 Å². The lowest BCUT2D eigenvalue weighted by Gasteiger charge is -2.30. The molecule has 2 aromatic carbocycles. The number of benzene rings is 2. The molecule has 4 rings (SSSR count). The maximum Gasteiger partial charge on any atom is 0.317 e. The third-order valence-electron chi connectivity index (χ3n) is 6.17. The van der Waals surface area contributed by atoms with E-state index in [1.807, 2.05) is 35.2 Å². The van der Waals surface area contributed by atoms with E-state index in [4.69, 9.17) is 23.2 Å². The van der Waals surface area contributed by atoms with Gasteiger partial charge in [0.1, 0.15) is 0 Å². The van der Waals surface area contributed by atoms with E-state index in [1.165, 1.54) is 12.8 Å². The molecule has 0 atom stereocenters. The fourth-order valence-electron chi connectivity index (χ4n) is 4.11. The van der Waals surface area contributed by atoms with Gasteiger partial charge in [-0.25, -0.2) is 4.79 Å². The van der Waals surface area contributed by atoms with Gasteiger partial charge in [-0.3, -0.25) is 9.59 Å². The number of carbonyl (C=O) groups excluding carboxylic acids is 3. The summed E-state index contributed by atoms with van der Waals surface area (Å²) in [5.41, 5.74) is 2.34. The van der Waals surface area contributed by atoms with Crippen LogP contribution in [0.5, 0.6) is 0 Å². The van der Waals surface area contributed by atoms with Crippen LogP contribution in [-0.2, 0) is 13.0 Å². The number of nitrogens with zero attached hydrogens (tertiary/aromatic N) is 2. The van der Waals surface area contributed by atoms with Crippen molar-refractivity contribution in [2.24, 2.45) is 5.92 Å². The van der Waals surface area contributed by atoms with Gasteiger partial charge in [0.25, 0.3) is 11.8 Å². The van der Waals surface area contributed by atoms with E-state index in [0.717, 1.165) is 12.1 Å². The Labute approximate surface area is 209 Å². The number of nitrogens with one attached hydrogen (secondary N) is 2. The average Bonchev–Trinajstić information content (AvgIpc) is 3.63. The van der Waals surface area contributed by atoms with Gasteiger partial charge >= 0.3 is 6.03 Å². The molecule has 0 bridgehead atoms. The fraction of sp³-hybridized carbons (Fsp3) is 0.400. The van der Waals surface area contributed by atoms with Crippen molar-refractivity contribution in [3.63, 3.8) is 0 Å². The summed E-state index contributed by atoms with van der Waals surface area (Å²) in [6.07, 6.45) is 2.93.